The Kier molecular flexibility index (Phi) is 1.58. The summed E-state index contributed by atoms with van der Waals surface area (Å²) in [5, 5.41) is 0. The van der Waals surface area contributed by atoms with Crippen molar-refractivity contribution in [1.82, 2.24) is 14.1 Å². The lowest BCUT2D eigenvalue weighted by molar-refractivity contribution is 0.790. The largest absolute Gasteiger partial charge is 0.329 e. The zero-order valence-corrected chi connectivity index (χ0v) is 8.90. The van der Waals surface area contributed by atoms with E-state index in [1.165, 1.54) is 12.8 Å². The van der Waals surface area contributed by atoms with E-state index < -0.39 is 0 Å². The monoisotopic (exact) mass is 203 g/mol. The van der Waals surface area contributed by atoms with Crippen molar-refractivity contribution in [3.05, 3.63) is 28.3 Å². The first kappa shape index (κ1) is 8.71. The molecule has 2 aromatic rings. The first-order valence-electron chi connectivity index (χ1n) is 5.21. The summed E-state index contributed by atoms with van der Waals surface area (Å²) in [6.07, 6.45) is 2.47. The van der Waals surface area contributed by atoms with Gasteiger partial charge >= 0.3 is 5.69 Å². The SMILES string of the molecule is Cn1c(=O)n(C)c2nc(C3CC3)ccc21. The lowest BCUT2D eigenvalue weighted by Crippen LogP contribution is -2.19. The number of nitrogens with zero attached hydrogens (tertiary/aromatic N) is 3. The van der Waals surface area contributed by atoms with Crippen LogP contribution in [0.2, 0.25) is 0 Å². The minimum atomic E-state index is -0.00885. The molecule has 1 saturated carbocycles. The van der Waals surface area contributed by atoms with Crippen molar-refractivity contribution in [2.75, 3.05) is 0 Å². The third-order valence-corrected chi connectivity index (χ3v) is 3.12. The standard InChI is InChI=1S/C11H13N3O/c1-13-9-6-5-8(7-3-4-7)12-10(9)14(2)11(13)15/h5-7H,3-4H2,1-2H3. The average molecular weight is 203 g/mol. The molecule has 2 aromatic heterocycles. The van der Waals surface area contributed by atoms with E-state index in [1.54, 1.807) is 23.2 Å². The first-order valence-corrected chi connectivity index (χ1v) is 5.21. The molecule has 0 N–H and O–H groups in total. The van der Waals surface area contributed by atoms with Crippen molar-refractivity contribution in [2.24, 2.45) is 14.1 Å². The van der Waals surface area contributed by atoms with Crippen LogP contribution in [0, 0.1) is 0 Å². The Balaban J connectivity index is 2.34. The molecule has 0 unspecified atom stereocenters. The van der Waals surface area contributed by atoms with Crippen molar-refractivity contribution < 1.29 is 0 Å². The lowest BCUT2D eigenvalue weighted by atomic mass is 10.2. The van der Waals surface area contributed by atoms with Crippen LogP contribution >= 0.6 is 0 Å². The number of imidazole rings is 1. The second kappa shape index (κ2) is 2.72. The van der Waals surface area contributed by atoms with Crippen molar-refractivity contribution in [3.63, 3.8) is 0 Å². The van der Waals surface area contributed by atoms with Gasteiger partial charge in [0.15, 0.2) is 5.65 Å². The van der Waals surface area contributed by atoms with Gasteiger partial charge in [0.1, 0.15) is 0 Å². The van der Waals surface area contributed by atoms with Gasteiger partial charge in [-0.2, -0.15) is 0 Å². The molecule has 0 aliphatic heterocycles. The Labute approximate surface area is 87.2 Å². The minimum absolute atomic E-state index is 0.00885. The van der Waals surface area contributed by atoms with Crippen LogP contribution < -0.4 is 5.69 Å². The highest BCUT2D eigenvalue weighted by Gasteiger charge is 2.25. The van der Waals surface area contributed by atoms with E-state index >= 15 is 0 Å². The molecule has 2 heterocycles. The summed E-state index contributed by atoms with van der Waals surface area (Å²) in [6.45, 7) is 0. The highest BCUT2D eigenvalue weighted by molar-refractivity contribution is 5.71. The number of aromatic nitrogens is 3. The number of aryl methyl sites for hydroxylation is 2. The zero-order chi connectivity index (χ0) is 10.6. The highest BCUT2D eigenvalue weighted by atomic mass is 16.1. The van der Waals surface area contributed by atoms with Gasteiger partial charge in [-0.05, 0) is 25.0 Å². The van der Waals surface area contributed by atoms with Crippen molar-refractivity contribution in [1.29, 1.82) is 0 Å². The van der Waals surface area contributed by atoms with E-state index in [2.05, 4.69) is 4.98 Å². The fourth-order valence-electron chi connectivity index (χ4n) is 1.99. The Bertz CT molecular complexity index is 590. The Morgan fingerprint density at radius 1 is 1.27 bits per heavy atom. The summed E-state index contributed by atoms with van der Waals surface area (Å²) in [7, 11) is 3.55. The summed E-state index contributed by atoms with van der Waals surface area (Å²) >= 11 is 0. The fraction of sp³-hybridized carbons (Fsp3) is 0.455. The highest BCUT2D eigenvalue weighted by Crippen LogP contribution is 2.39. The molecule has 4 heteroatoms. The Morgan fingerprint density at radius 2 is 2.00 bits per heavy atom. The molecule has 0 bridgehead atoms. The predicted molar refractivity (Wildman–Crippen MR) is 57.9 cm³/mol. The molecule has 0 spiro atoms. The number of fused-ring (bicyclic) bond motifs is 1. The number of pyridine rings is 1. The van der Waals surface area contributed by atoms with Gasteiger partial charge in [0.05, 0.1) is 5.52 Å². The predicted octanol–water partition coefficient (Wildman–Crippen LogP) is 1.15. The summed E-state index contributed by atoms with van der Waals surface area (Å²) in [5.74, 6) is 0.629. The summed E-state index contributed by atoms with van der Waals surface area (Å²) in [4.78, 5) is 16.2. The normalized spacial score (nSPS) is 16.1. The van der Waals surface area contributed by atoms with Crippen LogP contribution in [-0.2, 0) is 14.1 Å². The van der Waals surface area contributed by atoms with Crippen LogP contribution in [0.3, 0.4) is 0 Å². The molecule has 0 saturated heterocycles. The molecule has 1 aliphatic rings. The van der Waals surface area contributed by atoms with Gasteiger partial charge in [0.25, 0.3) is 0 Å². The van der Waals surface area contributed by atoms with Crippen LogP contribution in [0.5, 0.6) is 0 Å². The van der Waals surface area contributed by atoms with Crippen molar-refractivity contribution in [2.45, 2.75) is 18.8 Å². The fourth-order valence-corrected chi connectivity index (χ4v) is 1.99. The third-order valence-electron chi connectivity index (χ3n) is 3.12. The van der Waals surface area contributed by atoms with E-state index in [9.17, 15) is 4.79 Å². The van der Waals surface area contributed by atoms with Crippen LogP contribution in [0.1, 0.15) is 24.5 Å². The molecule has 0 atom stereocenters. The molecule has 78 valence electrons. The summed E-state index contributed by atoms with van der Waals surface area (Å²) in [5.41, 5.74) is 2.83. The number of hydrogen-bond donors (Lipinski definition) is 0. The van der Waals surface area contributed by atoms with E-state index in [1.807, 2.05) is 12.1 Å². The van der Waals surface area contributed by atoms with E-state index in [0.29, 0.717) is 5.92 Å². The van der Waals surface area contributed by atoms with Gasteiger partial charge in [-0.3, -0.25) is 9.13 Å². The maximum atomic E-state index is 11.7. The molecule has 0 radical (unpaired) electrons. The van der Waals surface area contributed by atoms with Crippen molar-refractivity contribution in [3.8, 4) is 0 Å². The van der Waals surface area contributed by atoms with Crippen LogP contribution in [-0.4, -0.2) is 14.1 Å². The van der Waals surface area contributed by atoms with Gasteiger partial charge in [-0.15, -0.1) is 0 Å². The summed E-state index contributed by atoms with van der Waals surface area (Å²) in [6, 6.07) is 4.04. The second-order valence-corrected chi connectivity index (χ2v) is 4.25. The molecule has 1 aliphatic carbocycles. The quantitative estimate of drug-likeness (QED) is 0.697. The molecule has 4 nitrogen and oxygen atoms in total. The van der Waals surface area contributed by atoms with E-state index in [-0.39, 0.29) is 5.69 Å². The van der Waals surface area contributed by atoms with Gasteiger partial charge in [0, 0.05) is 25.7 Å². The lowest BCUT2D eigenvalue weighted by Gasteiger charge is -1.98. The Hall–Kier alpha value is -1.58. The van der Waals surface area contributed by atoms with Gasteiger partial charge in [-0.25, -0.2) is 9.78 Å². The van der Waals surface area contributed by atoms with Gasteiger partial charge in [-0.1, -0.05) is 0 Å². The van der Waals surface area contributed by atoms with Crippen LogP contribution in [0.15, 0.2) is 16.9 Å². The molecule has 3 rings (SSSR count). The topological polar surface area (TPSA) is 39.8 Å². The summed E-state index contributed by atoms with van der Waals surface area (Å²) < 4.78 is 3.25. The van der Waals surface area contributed by atoms with Crippen molar-refractivity contribution >= 4 is 11.2 Å². The van der Waals surface area contributed by atoms with Crippen LogP contribution in [0.4, 0.5) is 0 Å². The van der Waals surface area contributed by atoms with E-state index in [4.69, 9.17) is 0 Å². The molecule has 1 fully saturated rings. The number of rotatable bonds is 1. The molecular weight excluding hydrogens is 190 g/mol. The Morgan fingerprint density at radius 3 is 2.67 bits per heavy atom. The van der Waals surface area contributed by atoms with Gasteiger partial charge < -0.3 is 0 Å². The number of hydrogen-bond acceptors (Lipinski definition) is 2. The molecule has 0 amide bonds. The molecule has 0 aromatic carbocycles. The minimum Gasteiger partial charge on any atom is -0.293 e. The first-order chi connectivity index (χ1) is 7.18. The maximum absolute atomic E-state index is 11.7. The van der Waals surface area contributed by atoms with Gasteiger partial charge in [0.2, 0.25) is 0 Å². The smallest absolute Gasteiger partial charge is 0.293 e. The molecular formula is C11H13N3O. The van der Waals surface area contributed by atoms with E-state index in [0.717, 1.165) is 16.9 Å². The molecule has 15 heavy (non-hydrogen) atoms. The maximum Gasteiger partial charge on any atom is 0.329 e. The third kappa shape index (κ3) is 1.14. The second-order valence-electron chi connectivity index (χ2n) is 4.25. The average Bonchev–Trinajstić information content (AvgIpc) is 3.06. The zero-order valence-electron chi connectivity index (χ0n) is 8.90. The van der Waals surface area contributed by atoms with Crippen LogP contribution in [0.25, 0.3) is 11.2 Å².